The Bertz CT molecular complexity index is 720. The molecule has 0 bridgehead atoms. The molecule has 2 rings (SSSR count). The summed E-state index contributed by atoms with van der Waals surface area (Å²) in [6, 6.07) is 8.84. The standard InChI is InChI=1S/C15H12ClF3N2O2/c16-12-6-5-10(7-11(12)15(17,18)19)20-14(23)21-13-4-2-1-3-9(13)8-22/h1-7,22H,8H2,(H2,20,21,23). The van der Waals surface area contributed by atoms with E-state index in [-0.39, 0.29) is 12.3 Å². The summed E-state index contributed by atoms with van der Waals surface area (Å²) in [5.74, 6) is 0. The number of halogens is 4. The fourth-order valence-electron chi connectivity index (χ4n) is 1.89. The third-order valence-corrected chi connectivity index (χ3v) is 3.30. The van der Waals surface area contributed by atoms with Crippen molar-refractivity contribution in [2.24, 2.45) is 0 Å². The largest absolute Gasteiger partial charge is 0.417 e. The molecule has 4 nitrogen and oxygen atoms in total. The first kappa shape index (κ1) is 17.1. The summed E-state index contributed by atoms with van der Waals surface area (Å²) in [5, 5.41) is 13.5. The zero-order valence-electron chi connectivity index (χ0n) is 11.6. The van der Waals surface area contributed by atoms with Gasteiger partial charge in [0.25, 0.3) is 0 Å². The summed E-state index contributed by atoms with van der Waals surface area (Å²) < 4.78 is 38.3. The van der Waals surface area contributed by atoms with Crippen molar-refractivity contribution in [3.63, 3.8) is 0 Å². The highest BCUT2D eigenvalue weighted by atomic mass is 35.5. The van der Waals surface area contributed by atoms with Crippen LogP contribution in [0.1, 0.15) is 11.1 Å². The molecular weight excluding hydrogens is 333 g/mol. The molecule has 0 spiro atoms. The topological polar surface area (TPSA) is 61.4 Å². The number of rotatable bonds is 3. The van der Waals surface area contributed by atoms with Crippen molar-refractivity contribution in [2.75, 3.05) is 10.6 Å². The van der Waals surface area contributed by atoms with Crippen LogP contribution in [0.25, 0.3) is 0 Å². The molecule has 0 aliphatic heterocycles. The van der Waals surface area contributed by atoms with E-state index in [4.69, 9.17) is 16.7 Å². The maximum Gasteiger partial charge on any atom is 0.417 e. The van der Waals surface area contributed by atoms with Gasteiger partial charge >= 0.3 is 12.2 Å². The molecule has 0 saturated carbocycles. The number of alkyl halides is 3. The molecule has 0 aromatic heterocycles. The SMILES string of the molecule is O=C(Nc1ccc(Cl)c(C(F)(F)F)c1)Nc1ccccc1CO. The number of hydrogen-bond acceptors (Lipinski definition) is 2. The van der Waals surface area contributed by atoms with E-state index in [1.165, 1.54) is 6.07 Å². The van der Waals surface area contributed by atoms with Crippen LogP contribution in [0.15, 0.2) is 42.5 Å². The maximum atomic E-state index is 12.8. The average Bonchev–Trinajstić information content (AvgIpc) is 2.48. The van der Waals surface area contributed by atoms with Gasteiger partial charge in [0.05, 0.1) is 17.2 Å². The zero-order valence-corrected chi connectivity index (χ0v) is 12.4. The first-order valence-electron chi connectivity index (χ1n) is 6.45. The van der Waals surface area contributed by atoms with Crippen LogP contribution in [-0.2, 0) is 12.8 Å². The van der Waals surface area contributed by atoms with E-state index in [9.17, 15) is 18.0 Å². The van der Waals surface area contributed by atoms with E-state index in [0.717, 1.165) is 12.1 Å². The number of aliphatic hydroxyl groups excluding tert-OH is 1. The Kier molecular flexibility index (Phi) is 5.12. The van der Waals surface area contributed by atoms with E-state index in [1.54, 1.807) is 24.3 Å². The van der Waals surface area contributed by atoms with Gasteiger partial charge in [0.2, 0.25) is 0 Å². The zero-order chi connectivity index (χ0) is 17.0. The Labute approximate surface area is 134 Å². The van der Waals surface area contributed by atoms with E-state index >= 15 is 0 Å². The second-order valence-corrected chi connectivity index (χ2v) is 4.99. The summed E-state index contributed by atoms with van der Waals surface area (Å²) in [7, 11) is 0. The number of anilines is 2. The van der Waals surface area contributed by atoms with Crippen LogP contribution in [-0.4, -0.2) is 11.1 Å². The lowest BCUT2D eigenvalue weighted by Gasteiger charge is -2.13. The van der Waals surface area contributed by atoms with Gasteiger partial charge < -0.3 is 15.7 Å². The second kappa shape index (κ2) is 6.89. The third-order valence-electron chi connectivity index (χ3n) is 2.97. The van der Waals surface area contributed by atoms with Gasteiger partial charge in [-0.05, 0) is 24.3 Å². The molecule has 0 fully saturated rings. The molecule has 0 aliphatic rings. The number of aliphatic hydroxyl groups is 1. The summed E-state index contributed by atoms with van der Waals surface area (Å²) in [6.45, 7) is -0.282. The lowest BCUT2D eigenvalue weighted by molar-refractivity contribution is -0.137. The Morgan fingerprint density at radius 2 is 1.83 bits per heavy atom. The average molecular weight is 345 g/mol. The van der Waals surface area contributed by atoms with Crippen LogP contribution >= 0.6 is 11.6 Å². The third kappa shape index (κ3) is 4.37. The fourth-order valence-corrected chi connectivity index (χ4v) is 2.11. The number of carbonyl (C=O) groups is 1. The number of benzene rings is 2. The minimum Gasteiger partial charge on any atom is -0.392 e. The van der Waals surface area contributed by atoms with Crippen LogP contribution < -0.4 is 10.6 Å². The molecule has 0 unspecified atom stereocenters. The highest BCUT2D eigenvalue weighted by molar-refractivity contribution is 6.31. The van der Waals surface area contributed by atoms with Crippen LogP contribution in [0.5, 0.6) is 0 Å². The molecule has 0 radical (unpaired) electrons. The van der Waals surface area contributed by atoms with Crippen molar-refractivity contribution < 1.29 is 23.1 Å². The normalized spacial score (nSPS) is 11.2. The molecule has 3 N–H and O–H groups in total. The van der Waals surface area contributed by atoms with Gasteiger partial charge in [-0.15, -0.1) is 0 Å². The quantitative estimate of drug-likeness (QED) is 0.768. The van der Waals surface area contributed by atoms with Crippen molar-refractivity contribution in [3.05, 3.63) is 58.6 Å². The number of amides is 2. The molecule has 0 heterocycles. The second-order valence-electron chi connectivity index (χ2n) is 4.59. The highest BCUT2D eigenvalue weighted by Gasteiger charge is 2.33. The molecule has 8 heteroatoms. The van der Waals surface area contributed by atoms with Crippen LogP contribution in [0.4, 0.5) is 29.3 Å². The monoisotopic (exact) mass is 344 g/mol. The Morgan fingerprint density at radius 1 is 1.13 bits per heavy atom. The van der Waals surface area contributed by atoms with Crippen LogP contribution in [0, 0.1) is 0 Å². The van der Waals surface area contributed by atoms with Crippen LogP contribution in [0.3, 0.4) is 0 Å². The molecular formula is C15H12ClF3N2O2. The first-order valence-corrected chi connectivity index (χ1v) is 6.82. The van der Waals surface area contributed by atoms with Crippen molar-refractivity contribution in [2.45, 2.75) is 12.8 Å². The predicted octanol–water partition coefficient (Wildman–Crippen LogP) is 4.50. The van der Waals surface area contributed by atoms with E-state index in [2.05, 4.69) is 10.6 Å². The lowest BCUT2D eigenvalue weighted by Crippen LogP contribution is -2.20. The van der Waals surface area contributed by atoms with E-state index in [1.807, 2.05) is 0 Å². The van der Waals surface area contributed by atoms with Gasteiger partial charge in [0, 0.05) is 16.9 Å². The lowest BCUT2D eigenvalue weighted by atomic mass is 10.2. The first-order chi connectivity index (χ1) is 10.8. The maximum absolute atomic E-state index is 12.8. The van der Waals surface area contributed by atoms with Gasteiger partial charge in [-0.25, -0.2) is 4.79 Å². The molecule has 0 aliphatic carbocycles. The van der Waals surface area contributed by atoms with Gasteiger partial charge in [-0.1, -0.05) is 29.8 Å². The fraction of sp³-hybridized carbons (Fsp3) is 0.133. The minimum absolute atomic E-state index is 0.0549. The van der Waals surface area contributed by atoms with Gasteiger partial charge in [0.15, 0.2) is 0 Å². The summed E-state index contributed by atoms with van der Waals surface area (Å²) in [4.78, 5) is 11.9. The number of hydrogen-bond donors (Lipinski definition) is 3. The number of para-hydroxylation sites is 1. The Morgan fingerprint density at radius 3 is 2.48 bits per heavy atom. The number of urea groups is 1. The highest BCUT2D eigenvalue weighted by Crippen LogP contribution is 2.36. The molecule has 0 atom stereocenters. The Hall–Kier alpha value is -2.25. The number of nitrogens with one attached hydrogen (secondary N) is 2. The predicted molar refractivity (Wildman–Crippen MR) is 81.5 cm³/mol. The molecule has 2 aromatic rings. The van der Waals surface area contributed by atoms with Crippen molar-refractivity contribution in [3.8, 4) is 0 Å². The summed E-state index contributed by atoms with van der Waals surface area (Å²) >= 11 is 5.51. The molecule has 2 aromatic carbocycles. The molecule has 122 valence electrons. The van der Waals surface area contributed by atoms with Crippen molar-refractivity contribution in [1.29, 1.82) is 0 Å². The summed E-state index contributed by atoms with van der Waals surface area (Å²) in [6.07, 6.45) is -4.62. The minimum atomic E-state index is -4.62. The van der Waals surface area contributed by atoms with Gasteiger partial charge in [0.1, 0.15) is 0 Å². The van der Waals surface area contributed by atoms with Crippen molar-refractivity contribution in [1.82, 2.24) is 0 Å². The van der Waals surface area contributed by atoms with Crippen molar-refractivity contribution >= 4 is 29.0 Å². The Balaban J connectivity index is 2.15. The van der Waals surface area contributed by atoms with E-state index in [0.29, 0.717) is 11.3 Å². The number of carbonyl (C=O) groups excluding carboxylic acids is 1. The smallest absolute Gasteiger partial charge is 0.392 e. The van der Waals surface area contributed by atoms with Gasteiger partial charge in [-0.3, -0.25) is 0 Å². The van der Waals surface area contributed by atoms with Crippen LogP contribution in [0.2, 0.25) is 5.02 Å². The van der Waals surface area contributed by atoms with Gasteiger partial charge in [-0.2, -0.15) is 13.2 Å². The molecule has 23 heavy (non-hydrogen) atoms. The van der Waals surface area contributed by atoms with E-state index < -0.39 is 22.8 Å². The summed E-state index contributed by atoms with van der Waals surface area (Å²) in [5.41, 5.74) is -0.249. The molecule has 2 amide bonds. The molecule has 0 saturated heterocycles.